The fourth-order valence-corrected chi connectivity index (χ4v) is 2.49. The molecule has 0 saturated heterocycles. The van der Waals surface area contributed by atoms with Crippen molar-refractivity contribution in [1.82, 2.24) is 5.43 Å². The van der Waals surface area contributed by atoms with Gasteiger partial charge in [0.25, 0.3) is 5.91 Å². The quantitative estimate of drug-likeness (QED) is 0.490. The SMILES string of the molecule is O=C(N/N=C\c1cc(Cl)ccc1OCc1ccccc1)c1ccc(F)cc1. The molecule has 0 unspecified atom stereocenters. The van der Waals surface area contributed by atoms with E-state index in [0.29, 0.717) is 28.5 Å². The lowest BCUT2D eigenvalue weighted by Gasteiger charge is -2.09. The van der Waals surface area contributed by atoms with Crippen LogP contribution in [0.15, 0.2) is 77.9 Å². The van der Waals surface area contributed by atoms with Crippen LogP contribution in [0.2, 0.25) is 5.02 Å². The molecule has 4 nitrogen and oxygen atoms in total. The summed E-state index contributed by atoms with van der Waals surface area (Å²) < 4.78 is 18.7. The van der Waals surface area contributed by atoms with E-state index in [4.69, 9.17) is 16.3 Å². The molecule has 0 radical (unpaired) electrons. The molecule has 0 bridgehead atoms. The Kier molecular flexibility index (Phi) is 6.18. The van der Waals surface area contributed by atoms with E-state index in [2.05, 4.69) is 10.5 Å². The van der Waals surface area contributed by atoms with E-state index in [1.54, 1.807) is 18.2 Å². The van der Waals surface area contributed by atoms with E-state index in [-0.39, 0.29) is 0 Å². The number of benzene rings is 3. The summed E-state index contributed by atoms with van der Waals surface area (Å²) >= 11 is 6.05. The van der Waals surface area contributed by atoms with Crippen molar-refractivity contribution in [3.63, 3.8) is 0 Å². The molecule has 0 heterocycles. The zero-order valence-electron chi connectivity index (χ0n) is 14.2. The average molecular weight is 383 g/mol. The molecule has 0 aliphatic heterocycles. The summed E-state index contributed by atoms with van der Waals surface area (Å²) in [5, 5.41) is 4.46. The highest BCUT2D eigenvalue weighted by Crippen LogP contribution is 2.22. The highest BCUT2D eigenvalue weighted by Gasteiger charge is 2.06. The zero-order valence-corrected chi connectivity index (χ0v) is 15.0. The standard InChI is InChI=1S/C21H16ClFN2O2/c22-18-8-11-20(27-14-15-4-2-1-3-5-15)17(12-18)13-24-25-21(26)16-6-9-19(23)10-7-16/h1-13H,14H2,(H,25,26)/b24-13-. The van der Waals surface area contributed by atoms with Gasteiger partial charge in [-0.3, -0.25) is 4.79 Å². The predicted molar refractivity (Wildman–Crippen MR) is 104 cm³/mol. The number of carbonyl (C=O) groups excluding carboxylic acids is 1. The zero-order chi connectivity index (χ0) is 19.1. The molecular weight excluding hydrogens is 367 g/mol. The fourth-order valence-electron chi connectivity index (χ4n) is 2.31. The van der Waals surface area contributed by atoms with Crippen LogP contribution in [0.1, 0.15) is 21.5 Å². The van der Waals surface area contributed by atoms with Gasteiger partial charge < -0.3 is 4.74 Å². The number of amides is 1. The summed E-state index contributed by atoms with van der Waals surface area (Å²) in [5.41, 5.74) is 4.35. The minimum atomic E-state index is -0.444. The van der Waals surface area contributed by atoms with Crippen LogP contribution in [0, 0.1) is 5.82 Å². The molecule has 3 aromatic carbocycles. The molecule has 1 amide bonds. The smallest absolute Gasteiger partial charge is 0.271 e. The largest absolute Gasteiger partial charge is 0.488 e. The number of hydrazone groups is 1. The fraction of sp³-hybridized carbons (Fsp3) is 0.0476. The molecule has 0 spiro atoms. The first-order chi connectivity index (χ1) is 13.1. The maximum absolute atomic E-state index is 12.9. The second kappa shape index (κ2) is 8.96. The summed E-state index contributed by atoms with van der Waals surface area (Å²) in [4.78, 5) is 12.0. The van der Waals surface area contributed by atoms with Crippen molar-refractivity contribution in [2.45, 2.75) is 6.61 Å². The van der Waals surface area contributed by atoms with Gasteiger partial charge >= 0.3 is 0 Å². The summed E-state index contributed by atoms with van der Waals surface area (Å²) in [5.74, 6) is -0.266. The minimum Gasteiger partial charge on any atom is -0.488 e. The molecule has 0 atom stereocenters. The highest BCUT2D eigenvalue weighted by molar-refractivity contribution is 6.30. The molecule has 0 aliphatic carbocycles. The molecule has 3 aromatic rings. The van der Waals surface area contributed by atoms with Crippen LogP contribution in [0.3, 0.4) is 0 Å². The van der Waals surface area contributed by atoms with Crippen LogP contribution in [0.5, 0.6) is 5.75 Å². The van der Waals surface area contributed by atoms with Crippen molar-refractivity contribution in [2.24, 2.45) is 5.10 Å². The van der Waals surface area contributed by atoms with E-state index >= 15 is 0 Å². The predicted octanol–water partition coefficient (Wildman–Crippen LogP) is 4.82. The third-order valence-corrected chi connectivity index (χ3v) is 3.92. The van der Waals surface area contributed by atoms with Crippen LogP contribution < -0.4 is 10.2 Å². The number of hydrogen-bond donors (Lipinski definition) is 1. The third-order valence-electron chi connectivity index (χ3n) is 3.69. The Balaban J connectivity index is 1.68. The number of nitrogens with zero attached hydrogens (tertiary/aromatic N) is 1. The molecule has 6 heteroatoms. The molecule has 27 heavy (non-hydrogen) atoms. The molecule has 1 N–H and O–H groups in total. The van der Waals surface area contributed by atoms with Gasteiger partial charge in [0.05, 0.1) is 6.21 Å². The Bertz CT molecular complexity index is 944. The highest BCUT2D eigenvalue weighted by atomic mass is 35.5. The maximum atomic E-state index is 12.9. The second-order valence-corrected chi connectivity index (χ2v) is 6.10. The van der Waals surface area contributed by atoms with Gasteiger partial charge in [-0.25, -0.2) is 9.82 Å². The van der Waals surface area contributed by atoms with Gasteiger partial charge in [0, 0.05) is 16.1 Å². The minimum absolute atomic E-state index is 0.306. The van der Waals surface area contributed by atoms with E-state index in [9.17, 15) is 9.18 Å². The van der Waals surface area contributed by atoms with Gasteiger partial charge in [-0.1, -0.05) is 41.9 Å². The first kappa shape index (κ1) is 18.6. The lowest BCUT2D eigenvalue weighted by atomic mass is 10.2. The number of rotatable bonds is 6. The number of halogens is 2. The third kappa shape index (κ3) is 5.39. The Hall–Kier alpha value is -3.18. The van der Waals surface area contributed by atoms with Crippen molar-refractivity contribution in [3.05, 3.63) is 100 Å². The van der Waals surface area contributed by atoms with Crippen LogP contribution in [0.4, 0.5) is 4.39 Å². The average Bonchev–Trinajstić information content (AvgIpc) is 2.68. The van der Waals surface area contributed by atoms with E-state index < -0.39 is 11.7 Å². The second-order valence-electron chi connectivity index (χ2n) is 5.66. The van der Waals surface area contributed by atoms with Crippen molar-refractivity contribution >= 4 is 23.7 Å². The number of carbonyl (C=O) groups is 1. The van der Waals surface area contributed by atoms with Crippen LogP contribution >= 0.6 is 11.6 Å². The monoisotopic (exact) mass is 382 g/mol. The number of nitrogens with one attached hydrogen (secondary N) is 1. The molecule has 0 aliphatic rings. The topological polar surface area (TPSA) is 50.7 Å². The van der Waals surface area contributed by atoms with Gasteiger partial charge in [-0.05, 0) is 48.0 Å². The Morgan fingerprint density at radius 1 is 1.07 bits per heavy atom. The maximum Gasteiger partial charge on any atom is 0.271 e. The molecule has 0 aromatic heterocycles. The van der Waals surface area contributed by atoms with Gasteiger partial charge in [0.2, 0.25) is 0 Å². The first-order valence-corrected chi connectivity index (χ1v) is 8.55. The lowest BCUT2D eigenvalue weighted by Crippen LogP contribution is -2.17. The first-order valence-electron chi connectivity index (χ1n) is 8.17. The van der Waals surface area contributed by atoms with Crippen molar-refractivity contribution in [1.29, 1.82) is 0 Å². The molecule has 0 fully saturated rings. The molecule has 136 valence electrons. The summed E-state index contributed by atoms with van der Waals surface area (Å²) in [6.45, 7) is 0.394. The van der Waals surface area contributed by atoms with Crippen molar-refractivity contribution in [3.8, 4) is 5.75 Å². The van der Waals surface area contributed by atoms with Gasteiger partial charge in [0.1, 0.15) is 18.2 Å². The van der Waals surface area contributed by atoms with E-state index in [0.717, 1.165) is 5.56 Å². The number of hydrogen-bond acceptors (Lipinski definition) is 3. The summed E-state index contributed by atoms with van der Waals surface area (Å²) in [6.07, 6.45) is 1.45. The van der Waals surface area contributed by atoms with Gasteiger partial charge in [-0.2, -0.15) is 5.10 Å². The summed E-state index contributed by atoms with van der Waals surface area (Å²) in [6, 6.07) is 20.1. The van der Waals surface area contributed by atoms with Crippen LogP contribution in [0.25, 0.3) is 0 Å². The molecule has 0 saturated carbocycles. The van der Waals surface area contributed by atoms with Crippen LogP contribution in [-0.2, 0) is 6.61 Å². The Labute approximate surface area is 161 Å². The van der Waals surface area contributed by atoms with Gasteiger partial charge in [0.15, 0.2) is 0 Å². The normalized spacial score (nSPS) is 10.7. The summed E-state index contributed by atoms with van der Waals surface area (Å²) in [7, 11) is 0. The van der Waals surface area contributed by atoms with E-state index in [1.807, 2.05) is 30.3 Å². The molecule has 3 rings (SSSR count). The Morgan fingerprint density at radius 2 is 1.81 bits per heavy atom. The number of ether oxygens (including phenoxy) is 1. The van der Waals surface area contributed by atoms with Gasteiger partial charge in [-0.15, -0.1) is 0 Å². The molecular formula is C21H16ClFN2O2. The van der Waals surface area contributed by atoms with E-state index in [1.165, 1.54) is 30.5 Å². The Morgan fingerprint density at radius 3 is 2.56 bits per heavy atom. The van der Waals surface area contributed by atoms with Crippen molar-refractivity contribution in [2.75, 3.05) is 0 Å². The van der Waals surface area contributed by atoms with Crippen molar-refractivity contribution < 1.29 is 13.9 Å². The lowest BCUT2D eigenvalue weighted by molar-refractivity contribution is 0.0955. The van der Waals surface area contributed by atoms with Crippen LogP contribution in [-0.4, -0.2) is 12.1 Å².